The van der Waals surface area contributed by atoms with E-state index in [1.165, 1.54) is 22.0 Å². The quantitative estimate of drug-likeness (QED) is 0.795. The molecule has 0 saturated carbocycles. The van der Waals surface area contributed by atoms with Crippen molar-refractivity contribution in [2.75, 3.05) is 0 Å². The van der Waals surface area contributed by atoms with E-state index in [1.807, 2.05) is 12.3 Å². The molecule has 1 fully saturated rings. The molecule has 1 aliphatic heterocycles. The van der Waals surface area contributed by atoms with Crippen molar-refractivity contribution in [3.63, 3.8) is 0 Å². The molecular weight excluding hydrogens is 269 g/mol. The zero-order chi connectivity index (χ0) is 14.4. The molecule has 2 heterocycles. The Morgan fingerprint density at radius 1 is 0.950 bits per heavy atom. The standard InChI is InChI=1S/C15H18BNO2S/c1-14(2)15(3,4)19-16(18-14)12-7-5-11(6-8-12)13-9-10-17-20-13/h5-10H,1-4H3. The number of aromatic nitrogens is 1. The predicted molar refractivity (Wildman–Crippen MR) is 83.3 cm³/mol. The fourth-order valence-corrected chi connectivity index (χ4v) is 2.75. The molecule has 3 nitrogen and oxygen atoms in total. The van der Waals surface area contributed by atoms with E-state index < -0.39 is 0 Å². The third-order valence-electron chi connectivity index (χ3n) is 4.16. The predicted octanol–water partition coefficient (Wildman–Crippen LogP) is 3.11. The summed E-state index contributed by atoms with van der Waals surface area (Å²) < 4.78 is 16.2. The van der Waals surface area contributed by atoms with E-state index in [9.17, 15) is 0 Å². The van der Waals surface area contributed by atoms with Gasteiger partial charge in [-0.1, -0.05) is 24.3 Å². The molecule has 1 aromatic heterocycles. The summed E-state index contributed by atoms with van der Waals surface area (Å²) in [6.07, 6.45) is 1.82. The second-order valence-corrected chi connectivity index (χ2v) is 6.92. The smallest absolute Gasteiger partial charge is 0.399 e. The van der Waals surface area contributed by atoms with Crippen molar-refractivity contribution in [2.45, 2.75) is 38.9 Å². The lowest BCUT2D eigenvalue weighted by molar-refractivity contribution is 0.00578. The summed E-state index contributed by atoms with van der Waals surface area (Å²) in [5.41, 5.74) is 1.63. The molecule has 20 heavy (non-hydrogen) atoms. The number of hydrogen-bond donors (Lipinski definition) is 0. The van der Waals surface area contributed by atoms with Gasteiger partial charge in [0.1, 0.15) is 0 Å². The van der Waals surface area contributed by atoms with Crippen LogP contribution in [0.5, 0.6) is 0 Å². The average Bonchev–Trinajstić information content (AvgIpc) is 2.97. The Bertz CT molecular complexity index is 577. The zero-order valence-corrected chi connectivity index (χ0v) is 13.0. The summed E-state index contributed by atoms with van der Waals surface area (Å²) >= 11 is 1.50. The van der Waals surface area contributed by atoms with Crippen molar-refractivity contribution >= 4 is 24.1 Å². The summed E-state index contributed by atoms with van der Waals surface area (Å²) in [7, 11) is -0.296. The summed E-state index contributed by atoms with van der Waals surface area (Å²) in [6, 6.07) is 10.3. The highest BCUT2D eigenvalue weighted by molar-refractivity contribution is 7.09. The highest BCUT2D eigenvalue weighted by atomic mass is 32.1. The van der Waals surface area contributed by atoms with Crippen molar-refractivity contribution in [1.82, 2.24) is 4.37 Å². The molecule has 0 bridgehead atoms. The van der Waals surface area contributed by atoms with Crippen molar-refractivity contribution in [2.24, 2.45) is 0 Å². The van der Waals surface area contributed by atoms with Crippen molar-refractivity contribution in [3.8, 4) is 10.4 Å². The van der Waals surface area contributed by atoms with E-state index in [2.05, 4.69) is 56.3 Å². The Morgan fingerprint density at radius 2 is 1.55 bits per heavy atom. The van der Waals surface area contributed by atoms with Gasteiger partial charge < -0.3 is 9.31 Å². The lowest BCUT2D eigenvalue weighted by Crippen LogP contribution is -2.41. The molecule has 0 radical (unpaired) electrons. The van der Waals surface area contributed by atoms with Crippen molar-refractivity contribution in [1.29, 1.82) is 0 Å². The average molecular weight is 287 g/mol. The van der Waals surface area contributed by atoms with E-state index in [-0.39, 0.29) is 18.3 Å². The largest absolute Gasteiger partial charge is 0.494 e. The molecule has 0 N–H and O–H groups in total. The van der Waals surface area contributed by atoms with E-state index in [0.29, 0.717) is 0 Å². The van der Waals surface area contributed by atoms with Gasteiger partial charge in [0.2, 0.25) is 0 Å². The molecule has 0 amide bonds. The lowest BCUT2D eigenvalue weighted by Gasteiger charge is -2.32. The van der Waals surface area contributed by atoms with Crippen LogP contribution >= 0.6 is 11.5 Å². The fraction of sp³-hybridized carbons (Fsp3) is 0.400. The summed E-state index contributed by atoms with van der Waals surface area (Å²) in [4.78, 5) is 1.17. The van der Waals surface area contributed by atoms with E-state index in [4.69, 9.17) is 9.31 Å². The summed E-state index contributed by atoms with van der Waals surface area (Å²) in [5.74, 6) is 0. The van der Waals surface area contributed by atoms with Gasteiger partial charge in [-0.15, -0.1) is 0 Å². The molecule has 104 valence electrons. The van der Waals surface area contributed by atoms with Crippen LogP contribution in [0.25, 0.3) is 10.4 Å². The molecule has 1 saturated heterocycles. The van der Waals surface area contributed by atoms with Gasteiger partial charge in [-0.05, 0) is 56.3 Å². The van der Waals surface area contributed by atoms with E-state index >= 15 is 0 Å². The minimum atomic E-state index is -0.298. The summed E-state index contributed by atoms with van der Waals surface area (Å²) in [5, 5.41) is 0. The molecule has 5 heteroatoms. The van der Waals surface area contributed by atoms with Gasteiger partial charge in [-0.3, -0.25) is 0 Å². The van der Waals surface area contributed by atoms with E-state index in [0.717, 1.165) is 5.46 Å². The number of rotatable bonds is 2. The van der Waals surface area contributed by atoms with Crippen LogP contribution in [0.2, 0.25) is 0 Å². The highest BCUT2D eigenvalue weighted by Gasteiger charge is 2.51. The van der Waals surface area contributed by atoms with Crippen LogP contribution in [0.3, 0.4) is 0 Å². The maximum Gasteiger partial charge on any atom is 0.494 e. The van der Waals surface area contributed by atoms with Gasteiger partial charge in [-0.25, -0.2) is 4.37 Å². The Balaban J connectivity index is 1.83. The van der Waals surface area contributed by atoms with E-state index in [1.54, 1.807) is 0 Å². The lowest BCUT2D eigenvalue weighted by atomic mass is 9.79. The molecule has 0 aliphatic carbocycles. The molecule has 1 aliphatic rings. The fourth-order valence-electron chi connectivity index (χ4n) is 2.15. The normalized spacial score (nSPS) is 20.3. The van der Waals surface area contributed by atoms with Crippen molar-refractivity contribution in [3.05, 3.63) is 36.5 Å². The third-order valence-corrected chi connectivity index (χ3v) is 4.95. The monoisotopic (exact) mass is 287 g/mol. The maximum absolute atomic E-state index is 6.05. The Morgan fingerprint density at radius 3 is 2.05 bits per heavy atom. The van der Waals surface area contributed by atoms with Gasteiger partial charge in [-0.2, -0.15) is 0 Å². The number of hydrogen-bond acceptors (Lipinski definition) is 4. The first-order valence-electron chi connectivity index (χ1n) is 6.76. The zero-order valence-electron chi connectivity index (χ0n) is 12.2. The first kappa shape index (κ1) is 13.8. The second kappa shape index (κ2) is 4.69. The highest BCUT2D eigenvalue weighted by Crippen LogP contribution is 2.36. The minimum Gasteiger partial charge on any atom is -0.399 e. The van der Waals surface area contributed by atoms with Gasteiger partial charge in [0.05, 0.1) is 16.1 Å². The topological polar surface area (TPSA) is 31.4 Å². The van der Waals surface area contributed by atoms with Crippen LogP contribution < -0.4 is 5.46 Å². The van der Waals surface area contributed by atoms with Crippen LogP contribution in [-0.4, -0.2) is 22.7 Å². The summed E-state index contributed by atoms with van der Waals surface area (Å²) in [6.45, 7) is 8.27. The SMILES string of the molecule is CC1(C)OB(c2ccc(-c3ccns3)cc2)OC1(C)C. The molecule has 2 aromatic rings. The van der Waals surface area contributed by atoms with Crippen LogP contribution in [0.15, 0.2) is 36.5 Å². The Kier molecular flexibility index (Phi) is 3.24. The molecule has 0 unspecified atom stereocenters. The van der Waals surface area contributed by atoms with Gasteiger partial charge in [0, 0.05) is 6.20 Å². The Hall–Kier alpha value is -1.17. The third kappa shape index (κ3) is 2.30. The molecule has 1 aromatic carbocycles. The first-order chi connectivity index (χ1) is 9.39. The van der Waals surface area contributed by atoms with Crippen LogP contribution in [-0.2, 0) is 9.31 Å². The second-order valence-electron chi connectivity index (χ2n) is 6.09. The maximum atomic E-state index is 6.05. The van der Waals surface area contributed by atoms with Gasteiger partial charge >= 0.3 is 7.12 Å². The number of nitrogens with zero attached hydrogens (tertiary/aromatic N) is 1. The van der Waals surface area contributed by atoms with Gasteiger partial charge in [0.15, 0.2) is 0 Å². The van der Waals surface area contributed by atoms with Gasteiger partial charge in [0.25, 0.3) is 0 Å². The molecule has 0 spiro atoms. The Labute approximate surface area is 124 Å². The minimum absolute atomic E-state index is 0.296. The van der Waals surface area contributed by atoms with Crippen molar-refractivity contribution < 1.29 is 9.31 Å². The van der Waals surface area contributed by atoms with Crippen LogP contribution in [0.4, 0.5) is 0 Å². The first-order valence-corrected chi connectivity index (χ1v) is 7.53. The molecule has 3 rings (SSSR count). The van der Waals surface area contributed by atoms with Crippen LogP contribution in [0, 0.1) is 0 Å². The molecular formula is C15H18BNO2S. The molecule has 0 atom stereocenters. The van der Waals surface area contributed by atoms with Crippen LogP contribution in [0.1, 0.15) is 27.7 Å². The number of benzene rings is 1.